The molecule has 33 heavy (non-hydrogen) atoms. The topological polar surface area (TPSA) is 143 Å². The highest BCUT2D eigenvalue weighted by molar-refractivity contribution is 7.92. The summed E-state index contributed by atoms with van der Waals surface area (Å²) in [6.45, 7) is 3.26. The van der Waals surface area contributed by atoms with E-state index >= 15 is 0 Å². The number of nitrogens with one attached hydrogen (secondary N) is 3. The molecule has 2 aromatic rings. The maximum absolute atomic E-state index is 12.4. The molecule has 0 saturated heterocycles. The van der Waals surface area contributed by atoms with E-state index in [9.17, 15) is 18.0 Å². The van der Waals surface area contributed by atoms with Gasteiger partial charge in [-0.05, 0) is 37.5 Å². The van der Waals surface area contributed by atoms with Gasteiger partial charge < -0.3 is 15.2 Å². The minimum absolute atomic E-state index is 0.109. The molecule has 1 saturated carbocycles. The van der Waals surface area contributed by atoms with Crippen molar-refractivity contribution in [1.82, 2.24) is 15.5 Å². The zero-order chi connectivity index (χ0) is 24.1. The second-order valence-electron chi connectivity index (χ2n) is 8.64. The number of rotatable bonds is 8. The van der Waals surface area contributed by atoms with E-state index in [1.807, 2.05) is 0 Å². The fourth-order valence-electron chi connectivity index (χ4n) is 4.08. The molecule has 0 radical (unpaired) electrons. The molecule has 10 nitrogen and oxygen atoms in total. The summed E-state index contributed by atoms with van der Waals surface area (Å²) >= 11 is 0. The highest BCUT2D eigenvalue weighted by atomic mass is 32.2. The van der Waals surface area contributed by atoms with Crippen LogP contribution >= 0.6 is 0 Å². The van der Waals surface area contributed by atoms with Crippen molar-refractivity contribution < 1.29 is 22.5 Å². The smallest absolute Gasteiger partial charge is 0.229 e. The number of benzene rings is 1. The van der Waals surface area contributed by atoms with E-state index in [4.69, 9.17) is 4.52 Å². The molecule has 0 atom stereocenters. The first-order valence-corrected chi connectivity index (χ1v) is 13.0. The molecule has 0 unspecified atom stereocenters. The molecule has 1 aromatic carbocycles. The van der Waals surface area contributed by atoms with E-state index in [0.29, 0.717) is 23.1 Å². The van der Waals surface area contributed by atoms with Gasteiger partial charge in [0, 0.05) is 25.5 Å². The van der Waals surface area contributed by atoms with Gasteiger partial charge in [0.05, 0.1) is 11.9 Å². The van der Waals surface area contributed by atoms with Gasteiger partial charge in [-0.15, -0.1) is 0 Å². The van der Waals surface area contributed by atoms with Gasteiger partial charge in [-0.25, -0.2) is 8.42 Å². The predicted molar refractivity (Wildman–Crippen MR) is 124 cm³/mol. The lowest BCUT2D eigenvalue weighted by Gasteiger charge is -2.30. The zero-order valence-corrected chi connectivity index (χ0v) is 20.0. The molecule has 1 aliphatic carbocycles. The summed E-state index contributed by atoms with van der Waals surface area (Å²) in [6, 6.07) is 5.00. The van der Waals surface area contributed by atoms with Crippen molar-refractivity contribution in [1.29, 1.82) is 0 Å². The molecule has 1 fully saturated rings. The molecule has 3 N–H and O–H groups in total. The second-order valence-corrected chi connectivity index (χ2v) is 10.4. The number of nitrogens with zero attached hydrogens (tertiary/aromatic N) is 2. The van der Waals surface area contributed by atoms with Crippen molar-refractivity contribution in [3.8, 4) is 0 Å². The van der Waals surface area contributed by atoms with E-state index < -0.39 is 15.6 Å². The van der Waals surface area contributed by atoms with Crippen LogP contribution in [0.3, 0.4) is 0 Å². The minimum Gasteiger partial charge on any atom is -0.343 e. The molecule has 0 aliphatic heterocycles. The van der Waals surface area contributed by atoms with Gasteiger partial charge in [-0.2, -0.15) is 4.98 Å². The van der Waals surface area contributed by atoms with Crippen LogP contribution in [0, 0.1) is 6.92 Å². The highest BCUT2D eigenvalue weighted by Gasteiger charge is 2.38. The Morgan fingerprint density at radius 1 is 1.15 bits per heavy atom. The maximum Gasteiger partial charge on any atom is 0.229 e. The van der Waals surface area contributed by atoms with Gasteiger partial charge in [-0.1, -0.05) is 36.9 Å². The molecule has 0 spiro atoms. The normalized spacial score (nSPS) is 16.0. The lowest BCUT2D eigenvalue weighted by Crippen LogP contribution is -2.45. The molecular formula is C22H31N5O5S. The van der Waals surface area contributed by atoms with Crippen molar-refractivity contribution in [3.05, 3.63) is 35.5 Å². The molecular weight excluding hydrogens is 446 g/mol. The largest absolute Gasteiger partial charge is 0.343 e. The first kappa shape index (κ1) is 24.7. The third-order valence-electron chi connectivity index (χ3n) is 5.65. The van der Waals surface area contributed by atoms with Crippen LogP contribution in [0.25, 0.3) is 0 Å². The molecule has 1 heterocycles. The molecule has 0 bridgehead atoms. The summed E-state index contributed by atoms with van der Waals surface area (Å²) in [5.74, 6) is 0.392. The molecule has 180 valence electrons. The van der Waals surface area contributed by atoms with Crippen molar-refractivity contribution >= 4 is 33.2 Å². The summed E-state index contributed by atoms with van der Waals surface area (Å²) < 4.78 is 30.9. The fraction of sp³-hybridized carbons (Fsp3) is 0.545. The van der Waals surface area contributed by atoms with E-state index in [2.05, 4.69) is 25.5 Å². The summed E-state index contributed by atoms with van der Waals surface area (Å²) in [4.78, 5) is 28.8. The Hall–Kier alpha value is -2.95. The summed E-state index contributed by atoms with van der Waals surface area (Å²) in [5.41, 5.74) is 0.995. The summed E-state index contributed by atoms with van der Waals surface area (Å²) in [5, 5.41) is 9.92. The lowest BCUT2D eigenvalue weighted by molar-refractivity contribution is -0.121. The number of carbonyl (C=O) groups excluding carboxylic acids is 2. The molecule has 11 heteroatoms. The van der Waals surface area contributed by atoms with Crippen LogP contribution in [0.15, 0.2) is 22.7 Å². The monoisotopic (exact) mass is 477 g/mol. The first-order valence-electron chi connectivity index (χ1n) is 11.1. The van der Waals surface area contributed by atoms with Gasteiger partial charge in [-0.3, -0.25) is 14.3 Å². The second kappa shape index (κ2) is 10.3. The fourth-order valence-corrected chi connectivity index (χ4v) is 4.70. The van der Waals surface area contributed by atoms with Crippen LogP contribution in [0.2, 0.25) is 0 Å². The molecule has 2 amide bonds. The van der Waals surface area contributed by atoms with Crippen LogP contribution < -0.4 is 15.4 Å². The average molecular weight is 478 g/mol. The van der Waals surface area contributed by atoms with Gasteiger partial charge >= 0.3 is 0 Å². The van der Waals surface area contributed by atoms with Gasteiger partial charge in [0.1, 0.15) is 5.54 Å². The molecule has 1 aromatic heterocycles. The molecule has 3 rings (SSSR count). The Morgan fingerprint density at radius 3 is 2.48 bits per heavy atom. The third kappa shape index (κ3) is 7.01. The average Bonchev–Trinajstić information content (AvgIpc) is 3.08. The quantitative estimate of drug-likeness (QED) is 0.496. The Morgan fingerprint density at radius 2 is 1.85 bits per heavy atom. The van der Waals surface area contributed by atoms with Crippen molar-refractivity contribution in [3.63, 3.8) is 0 Å². The number of aryl methyl sites for hydroxylation is 2. The number of anilines is 2. The van der Waals surface area contributed by atoms with Gasteiger partial charge in [0.15, 0.2) is 5.82 Å². The predicted octanol–water partition coefficient (Wildman–Crippen LogP) is 3.01. The van der Waals surface area contributed by atoms with E-state index in [1.54, 1.807) is 25.1 Å². The number of amides is 2. The number of hydrogen-bond donors (Lipinski definition) is 3. The van der Waals surface area contributed by atoms with E-state index in [0.717, 1.165) is 50.3 Å². The lowest BCUT2D eigenvalue weighted by atomic mass is 9.89. The third-order valence-corrected chi connectivity index (χ3v) is 6.24. The van der Waals surface area contributed by atoms with E-state index in [1.165, 1.54) is 6.92 Å². The van der Waals surface area contributed by atoms with Crippen LogP contribution in [0.1, 0.15) is 69.1 Å². The maximum atomic E-state index is 12.4. The van der Waals surface area contributed by atoms with E-state index in [-0.39, 0.29) is 24.7 Å². The number of sulfonamides is 1. The number of aromatic nitrogens is 2. The highest BCUT2D eigenvalue weighted by Crippen LogP contribution is 2.34. The standard InChI is InChI=1S/C22H31N5O5S/c1-15-8-9-17(14-18(15)27-33(3,30)31)23-19(29)10-11-20-24-21(26-32-20)22(25-16(2)28)12-6-4-5-7-13-22/h8-9,14,27H,4-7,10-13H2,1-3H3,(H,23,29)(H,25,28). The first-order chi connectivity index (χ1) is 15.6. The van der Waals surface area contributed by atoms with Crippen LogP contribution in [0.4, 0.5) is 11.4 Å². The minimum atomic E-state index is -3.43. The zero-order valence-electron chi connectivity index (χ0n) is 19.2. The number of hydrogen-bond acceptors (Lipinski definition) is 7. The van der Waals surface area contributed by atoms with Crippen molar-refractivity contribution in [2.75, 3.05) is 16.3 Å². The SMILES string of the molecule is CC(=O)NC1(c2noc(CCC(=O)Nc3ccc(C)c(NS(C)(=O)=O)c3)n2)CCCCCC1. The van der Waals surface area contributed by atoms with Crippen molar-refractivity contribution in [2.45, 2.75) is 70.8 Å². The molecule has 1 aliphatic rings. The Bertz CT molecular complexity index is 1100. The van der Waals surface area contributed by atoms with Crippen LogP contribution in [-0.4, -0.2) is 36.6 Å². The van der Waals surface area contributed by atoms with Gasteiger partial charge in [0.25, 0.3) is 0 Å². The van der Waals surface area contributed by atoms with Gasteiger partial charge in [0.2, 0.25) is 27.7 Å². The van der Waals surface area contributed by atoms with Crippen LogP contribution in [0.5, 0.6) is 0 Å². The Kier molecular flexibility index (Phi) is 7.72. The summed E-state index contributed by atoms with van der Waals surface area (Å²) in [6.07, 6.45) is 7.08. The Balaban J connectivity index is 1.63. The Labute approximate surface area is 194 Å². The van der Waals surface area contributed by atoms with Crippen molar-refractivity contribution in [2.24, 2.45) is 0 Å². The number of carbonyl (C=O) groups is 2. The van der Waals surface area contributed by atoms with Crippen LogP contribution in [-0.2, 0) is 31.6 Å². The summed E-state index contributed by atoms with van der Waals surface area (Å²) in [7, 11) is -3.43.